The molecule has 2 N–H and O–H groups in total. The number of carbonyl (C=O) groups is 1. The number of aliphatic carboxylic acids is 1. The molecule has 9 heavy (non-hydrogen) atoms. The molecule has 0 unspecified atom stereocenters. The second-order valence-corrected chi connectivity index (χ2v) is 2.19. The van der Waals surface area contributed by atoms with Crippen LogP contribution in [0.3, 0.4) is 0 Å². The predicted molar refractivity (Wildman–Crippen MR) is 33.6 cm³/mol. The highest BCUT2D eigenvalue weighted by atomic mass is 35.5. The smallest absolute Gasteiger partial charge is 0.324 e. The molecule has 0 aromatic carbocycles. The molecule has 0 aliphatic heterocycles. The molecule has 0 fully saturated rings. The van der Waals surface area contributed by atoms with Gasteiger partial charge in [-0.15, -0.1) is 11.6 Å². The van der Waals surface area contributed by atoms with E-state index in [0.29, 0.717) is 6.42 Å². The van der Waals surface area contributed by atoms with Crippen LogP contribution in [-0.2, 0) is 4.79 Å². The summed E-state index contributed by atoms with van der Waals surface area (Å²) >= 11 is 5.22. The lowest BCUT2D eigenvalue weighted by molar-refractivity contribution is -0.138. The minimum absolute atomic E-state index is 0.362. The first-order chi connectivity index (χ1) is 4.09. The third-order valence-electron chi connectivity index (χ3n) is 0.992. The van der Waals surface area contributed by atoms with Crippen molar-refractivity contribution < 1.29 is 15.0 Å². The van der Waals surface area contributed by atoms with Crippen LogP contribution in [-0.4, -0.2) is 27.7 Å². The third kappa shape index (κ3) is 2.67. The normalized spacial score (nSPS) is 16.8. The monoisotopic (exact) mass is 152 g/mol. The van der Waals surface area contributed by atoms with Gasteiger partial charge in [0.05, 0.1) is 6.10 Å². The predicted octanol–water partition coefficient (Wildman–Crippen LogP) is 0.449. The number of hydrogen-bond donors (Lipinski definition) is 2. The first kappa shape index (κ1) is 8.72. The van der Waals surface area contributed by atoms with Gasteiger partial charge < -0.3 is 10.2 Å². The molecule has 0 saturated heterocycles. The molecular weight excluding hydrogens is 144 g/mol. The number of aliphatic hydroxyl groups is 1. The van der Waals surface area contributed by atoms with Crippen LogP contribution in [0.1, 0.15) is 13.3 Å². The Morgan fingerprint density at radius 3 is 2.33 bits per heavy atom. The molecule has 0 aliphatic carbocycles. The van der Waals surface area contributed by atoms with E-state index in [1.807, 2.05) is 0 Å². The summed E-state index contributed by atoms with van der Waals surface area (Å²) in [5.41, 5.74) is 0. The summed E-state index contributed by atoms with van der Waals surface area (Å²) in [5, 5.41) is 15.8. The molecule has 0 heterocycles. The van der Waals surface area contributed by atoms with Gasteiger partial charge >= 0.3 is 5.97 Å². The van der Waals surface area contributed by atoms with Crippen LogP contribution < -0.4 is 0 Å². The SMILES string of the molecule is CC[C@@H](O)[C@H](Cl)C(=O)O. The zero-order valence-electron chi connectivity index (χ0n) is 5.04. The molecule has 0 aromatic rings. The van der Waals surface area contributed by atoms with Crippen molar-refractivity contribution in [2.75, 3.05) is 0 Å². The maximum Gasteiger partial charge on any atom is 0.324 e. The van der Waals surface area contributed by atoms with Crippen molar-refractivity contribution >= 4 is 17.6 Å². The highest BCUT2D eigenvalue weighted by Crippen LogP contribution is 2.05. The van der Waals surface area contributed by atoms with Crippen molar-refractivity contribution in [1.82, 2.24) is 0 Å². The molecule has 3 nitrogen and oxygen atoms in total. The van der Waals surface area contributed by atoms with E-state index in [4.69, 9.17) is 21.8 Å². The highest BCUT2D eigenvalue weighted by molar-refractivity contribution is 6.30. The van der Waals surface area contributed by atoms with Gasteiger partial charge in [0.2, 0.25) is 0 Å². The number of halogens is 1. The Balaban J connectivity index is 3.72. The Bertz CT molecular complexity index is 104. The first-order valence-electron chi connectivity index (χ1n) is 2.64. The van der Waals surface area contributed by atoms with Gasteiger partial charge in [-0.1, -0.05) is 6.92 Å². The Labute approximate surface area is 58.3 Å². The fourth-order valence-electron chi connectivity index (χ4n) is 0.372. The molecule has 0 aliphatic rings. The molecule has 0 radical (unpaired) electrons. The second-order valence-electron chi connectivity index (χ2n) is 1.72. The van der Waals surface area contributed by atoms with E-state index in [2.05, 4.69) is 0 Å². The molecule has 0 bridgehead atoms. The van der Waals surface area contributed by atoms with Gasteiger partial charge in [0.1, 0.15) is 0 Å². The Hall–Kier alpha value is -0.280. The van der Waals surface area contributed by atoms with Crippen molar-refractivity contribution in [3.05, 3.63) is 0 Å². The summed E-state index contributed by atoms with van der Waals surface area (Å²) in [5.74, 6) is -1.17. The average molecular weight is 153 g/mol. The highest BCUT2D eigenvalue weighted by Gasteiger charge is 2.21. The van der Waals surface area contributed by atoms with Crippen LogP contribution in [0.5, 0.6) is 0 Å². The number of carboxylic acids is 1. The van der Waals surface area contributed by atoms with Crippen molar-refractivity contribution in [3.63, 3.8) is 0 Å². The van der Waals surface area contributed by atoms with Gasteiger partial charge in [0.25, 0.3) is 0 Å². The maximum absolute atomic E-state index is 10.0. The molecule has 54 valence electrons. The number of alkyl halides is 1. The molecule has 0 amide bonds. The van der Waals surface area contributed by atoms with Crippen LogP contribution in [0.25, 0.3) is 0 Å². The van der Waals surface area contributed by atoms with E-state index in [9.17, 15) is 4.79 Å². The van der Waals surface area contributed by atoms with Gasteiger partial charge in [-0.3, -0.25) is 4.79 Å². The van der Waals surface area contributed by atoms with Gasteiger partial charge in [0, 0.05) is 0 Å². The lowest BCUT2D eigenvalue weighted by Gasteiger charge is -2.08. The lowest BCUT2D eigenvalue weighted by atomic mass is 10.2. The molecule has 4 heteroatoms. The quantitative estimate of drug-likeness (QED) is 0.578. The first-order valence-corrected chi connectivity index (χ1v) is 3.08. The van der Waals surface area contributed by atoms with Crippen molar-refractivity contribution in [1.29, 1.82) is 0 Å². The maximum atomic E-state index is 10.0. The Morgan fingerprint density at radius 1 is 1.78 bits per heavy atom. The zero-order chi connectivity index (χ0) is 7.44. The fourth-order valence-corrected chi connectivity index (χ4v) is 0.550. The van der Waals surface area contributed by atoms with E-state index in [-0.39, 0.29) is 0 Å². The van der Waals surface area contributed by atoms with Crippen molar-refractivity contribution in [2.24, 2.45) is 0 Å². The molecular formula is C5H9ClO3. The molecule has 0 aromatic heterocycles. The van der Waals surface area contributed by atoms with Gasteiger partial charge in [-0.2, -0.15) is 0 Å². The second kappa shape index (κ2) is 3.69. The summed E-state index contributed by atoms with van der Waals surface area (Å²) in [6.45, 7) is 1.67. The molecule has 0 saturated carbocycles. The largest absolute Gasteiger partial charge is 0.480 e. The summed E-state index contributed by atoms with van der Waals surface area (Å²) in [7, 11) is 0. The van der Waals surface area contributed by atoms with E-state index < -0.39 is 17.5 Å². The van der Waals surface area contributed by atoms with E-state index in [1.165, 1.54) is 0 Å². The zero-order valence-corrected chi connectivity index (χ0v) is 5.80. The topological polar surface area (TPSA) is 57.5 Å². The van der Waals surface area contributed by atoms with Crippen molar-refractivity contribution in [2.45, 2.75) is 24.8 Å². The standard InChI is InChI=1S/C5H9ClO3/c1-2-3(7)4(6)5(8)9/h3-4,7H,2H2,1H3,(H,8,9)/t3-,4+/m1/s1. The van der Waals surface area contributed by atoms with Crippen molar-refractivity contribution in [3.8, 4) is 0 Å². The van der Waals surface area contributed by atoms with Crippen LogP contribution >= 0.6 is 11.6 Å². The van der Waals surface area contributed by atoms with E-state index in [1.54, 1.807) is 6.92 Å². The summed E-state index contributed by atoms with van der Waals surface area (Å²) in [6.07, 6.45) is -0.579. The number of carboxylic acid groups (broad SMARTS) is 1. The summed E-state index contributed by atoms with van der Waals surface area (Å²) < 4.78 is 0. The Morgan fingerprint density at radius 2 is 2.22 bits per heavy atom. The number of hydrogen-bond acceptors (Lipinski definition) is 2. The third-order valence-corrected chi connectivity index (χ3v) is 1.47. The summed E-state index contributed by atoms with van der Waals surface area (Å²) in [4.78, 5) is 10.0. The van der Waals surface area contributed by atoms with Gasteiger partial charge in [-0.25, -0.2) is 0 Å². The number of rotatable bonds is 3. The minimum atomic E-state index is -1.17. The molecule has 0 rings (SSSR count). The van der Waals surface area contributed by atoms with Gasteiger partial charge in [-0.05, 0) is 6.42 Å². The van der Waals surface area contributed by atoms with E-state index in [0.717, 1.165) is 0 Å². The lowest BCUT2D eigenvalue weighted by Crippen LogP contribution is -2.27. The average Bonchev–Trinajstić information content (AvgIpc) is 1.84. The van der Waals surface area contributed by atoms with Gasteiger partial charge in [0.15, 0.2) is 5.38 Å². The minimum Gasteiger partial charge on any atom is -0.480 e. The van der Waals surface area contributed by atoms with Crippen LogP contribution in [0, 0.1) is 0 Å². The summed E-state index contributed by atoms with van der Waals surface area (Å²) in [6, 6.07) is 0. The molecule has 2 atom stereocenters. The fraction of sp³-hybridized carbons (Fsp3) is 0.800. The van der Waals surface area contributed by atoms with Crippen LogP contribution in [0.15, 0.2) is 0 Å². The Kier molecular flexibility index (Phi) is 3.58. The molecule has 0 spiro atoms. The van der Waals surface area contributed by atoms with Crippen LogP contribution in [0.2, 0.25) is 0 Å². The van der Waals surface area contributed by atoms with Crippen LogP contribution in [0.4, 0.5) is 0 Å². The number of aliphatic hydroxyl groups excluding tert-OH is 1. The van der Waals surface area contributed by atoms with E-state index >= 15 is 0 Å².